The Hall–Kier alpha value is -1.06. The molecule has 0 spiro atoms. The minimum absolute atomic E-state index is 0.176. The van der Waals surface area contributed by atoms with Crippen LogP contribution < -0.4 is 5.32 Å². The van der Waals surface area contributed by atoms with E-state index >= 15 is 0 Å². The molecule has 0 saturated carbocycles. The molecule has 1 aromatic rings. The molecule has 2 atom stereocenters. The lowest BCUT2D eigenvalue weighted by molar-refractivity contribution is 0.212. The van der Waals surface area contributed by atoms with Crippen LogP contribution in [-0.4, -0.2) is 41.8 Å². The number of hydrogen-bond donors (Lipinski definition) is 2. The number of nitrogens with zero attached hydrogens (tertiary/aromatic N) is 1. The SMILES string of the molecule is Cc1ccc(NC2(CO)CC(C)N(C)C2)cc1. The molecule has 0 radical (unpaired) electrons. The topological polar surface area (TPSA) is 35.5 Å². The Balaban J connectivity index is 2.13. The second-order valence-corrected chi connectivity index (χ2v) is 5.40. The predicted octanol–water partition coefficient (Wildman–Crippen LogP) is 1.86. The third-order valence-electron chi connectivity index (χ3n) is 3.75. The van der Waals surface area contributed by atoms with Crippen LogP contribution in [0.15, 0.2) is 24.3 Å². The molecule has 2 rings (SSSR count). The van der Waals surface area contributed by atoms with Gasteiger partial charge in [-0.05, 0) is 39.4 Å². The third kappa shape index (κ3) is 2.61. The van der Waals surface area contributed by atoms with E-state index in [0.717, 1.165) is 18.7 Å². The molecule has 1 aromatic carbocycles. The molecule has 3 nitrogen and oxygen atoms in total. The zero-order chi connectivity index (χ0) is 12.5. The van der Waals surface area contributed by atoms with Gasteiger partial charge in [0.2, 0.25) is 0 Å². The average Bonchev–Trinajstić information content (AvgIpc) is 2.59. The molecule has 0 amide bonds. The fourth-order valence-electron chi connectivity index (χ4n) is 2.61. The molecule has 1 fully saturated rings. The second kappa shape index (κ2) is 4.67. The number of rotatable bonds is 3. The number of aliphatic hydroxyl groups excluding tert-OH is 1. The number of nitrogens with one attached hydrogen (secondary N) is 1. The Kier molecular flexibility index (Phi) is 3.40. The smallest absolute Gasteiger partial charge is 0.0745 e. The maximum absolute atomic E-state index is 9.68. The lowest BCUT2D eigenvalue weighted by Crippen LogP contribution is -2.44. The fraction of sp³-hybridized carbons (Fsp3) is 0.571. The molecule has 3 heteroatoms. The molecule has 1 heterocycles. The summed E-state index contributed by atoms with van der Waals surface area (Å²) in [5.41, 5.74) is 2.15. The highest BCUT2D eigenvalue weighted by molar-refractivity contribution is 5.47. The van der Waals surface area contributed by atoms with Crippen LogP contribution in [-0.2, 0) is 0 Å². The van der Waals surface area contributed by atoms with Gasteiger partial charge in [-0.25, -0.2) is 0 Å². The largest absolute Gasteiger partial charge is 0.394 e. The highest BCUT2D eigenvalue weighted by atomic mass is 16.3. The van der Waals surface area contributed by atoms with Crippen LogP contribution in [0.4, 0.5) is 5.69 Å². The number of likely N-dealkylation sites (N-methyl/N-ethyl adjacent to an activating group) is 1. The van der Waals surface area contributed by atoms with Crippen LogP contribution >= 0.6 is 0 Å². The standard InChI is InChI=1S/C14H22N2O/c1-11-4-6-13(7-5-11)15-14(10-17)8-12(2)16(3)9-14/h4-7,12,15,17H,8-10H2,1-3H3. The van der Waals surface area contributed by atoms with Gasteiger partial charge in [0, 0.05) is 18.3 Å². The first-order chi connectivity index (χ1) is 8.04. The van der Waals surface area contributed by atoms with Crippen molar-refractivity contribution >= 4 is 5.69 Å². The molecule has 1 aliphatic heterocycles. The minimum atomic E-state index is -0.191. The van der Waals surface area contributed by atoms with Crippen molar-refractivity contribution in [1.82, 2.24) is 4.90 Å². The van der Waals surface area contributed by atoms with Crippen molar-refractivity contribution in [3.05, 3.63) is 29.8 Å². The average molecular weight is 234 g/mol. The van der Waals surface area contributed by atoms with Crippen LogP contribution in [0.25, 0.3) is 0 Å². The Morgan fingerprint density at radius 1 is 1.41 bits per heavy atom. The van der Waals surface area contributed by atoms with Crippen molar-refractivity contribution < 1.29 is 5.11 Å². The summed E-state index contributed by atoms with van der Waals surface area (Å²) < 4.78 is 0. The number of hydrogen-bond acceptors (Lipinski definition) is 3. The van der Waals surface area contributed by atoms with E-state index in [1.54, 1.807) is 0 Å². The maximum atomic E-state index is 9.68. The molecule has 2 N–H and O–H groups in total. The van der Waals surface area contributed by atoms with Gasteiger partial charge in [0.15, 0.2) is 0 Å². The van der Waals surface area contributed by atoms with E-state index in [0.29, 0.717) is 6.04 Å². The first-order valence-electron chi connectivity index (χ1n) is 6.21. The lowest BCUT2D eigenvalue weighted by Gasteiger charge is -2.29. The fourth-order valence-corrected chi connectivity index (χ4v) is 2.61. The number of likely N-dealkylation sites (tertiary alicyclic amines) is 1. The summed E-state index contributed by atoms with van der Waals surface area (Å²) in [6, 6.07) is 8.86. The van der Waals surface area contributed by atoms with Crippen molar-refractivity contribution in [3.8, 4) is 0 Å². The van der Waals surface area contributed by atoms with E-state index in [4.69, 9.17) is 0 Å². The Morgan fingerprint density at radius 3 is 2.53 bits per heavy atom. The van der Waals surface area contributed by atoms with Gasteiger partial charge in [-0.2, -0.15) is 0 Å². The van der Waals surface area contributed by atoms with E-state index in [1.807, 2.05) is 0 Å². The van der Waals surface area contributed by atoms with Crippen molar-refractivity contribution in [1.29, 1.82) is 0 Å². The second-order valence-electron chi connectivity index (χ2n) is 5.40. The van der Waals surface area contributed by atoms with Crippen molar-refractivity contribution in [2.45, 2.75) is 31.8 Å². The zero-order valence-corrected chi connectivity index (χ0v) is 10.9. The summed E-state index contributed by atoms with van der Waals surface area (Å²) in [5, 5.41) is 13.2. The summed E-state index contributed by atoms with van der Waals surface area (Å²) in [6.07, 6.45) is 0.980. The molecular weight excluding hydrogens is 212 g/mol. The molecule has 0 aliphatic carbocycles. The number of benzene rings is 1. The van der Waals surface area contributed by atoms with Crippen LogP contribution in [0.2, 0.25) is 0 Å². The first-order valence-corrected chi connectivity index (χ1v) is 6.21. The molecule has 0 aromatic heterocycles. The van der Waals surface area contributed by atoms with Crippen molar-refractivity contribution in [2.24, 2.45) is 0 Å². The highest BCUT2D eigenvalue weighted by Gasteiger charge is 2.40. The third-order valence-corrected chi connectivity index (χ3v) is 3.75. The quantitative estimate of drug-likeness (QED) is 0.838. The summed E-state index contributed by atoms with van der Waals surface area (Å²) in [4.78, 5) is 2.29. The summed E-state index contributed by atoms with van der Waals surface area (Å²) in [7, 11) is 2.11. The van der Waals surface area contributed by atoms with Gasteiger partial charge < -0.3 is 15.3 Å². The maximum Gasteiger partial charge on any atom is 0.0745 e. The lowest BCUT2D eigenvalue weighted by atomic mass is 9.97. The van der Waals surface area contributed by atoms with Crippen molar-refractivity contribution in [3.63, 3.8) is 0 Å². The molecule has 2 unspecified atom stereocenters. The molecular formula is C14H22N2O. The summed E-state index contributed by atoms with van der Waals surface area (Å²) in [5.74, 6) is 0. The Bertz CT molecular complexity index is 364. The molecule has 1 aliphatic rings. The van der Waals surface area contributed by atoms with Gasteiger partial charge in [-0.15, -0.1) is 0 Å². The van der Waals surface area contributed by atoms with Gasteiger partial charge in [0.05, 0.1) is 12.1 Å². The number of anilines is 1. The van der Waals surface area contributed by atoms with Crippen molar-refractivity contribution in [2.75, 3.05) is 25.5 Å². The highest BCUT2D eigenvalue weighted by Crippen LogP contribution is 2.29. The normalized spacial score (nSPS) is 29.5. The first kappa shape index (κ1) is 12.4. The van der Waals surface area contributed by atoms with Crippen LogP contribution in [0.5, 0.6) is 0 Å². The molecule has 17 heavy (non-hydrogen) atoms. The zero-order valence-electron chi connectivity index (χ0n) is 10.9. The van der Waals surface area contributed by atoms with Gasteiger partial charge in [-0.3, -0.25) is 0 Å². The van der Waals surface area contributed by atoms with Gasteiger partial charge in [0.1, 0.15) is 0 Å². The monoisotopic (exact) mass is 234 g/mol. The van der Waals surface area contributed by atoms with Crippen LogP contribution in [0.3, 0.4) is 0 Å². The van der Waals surface area contributed by atoms with E-state index in [2.05, 4.69) is 55.4 Å². The predicted molar refractivity (Wildman–Crippen MR) is 71.3 cm³/mol. The van der Waals surface area contributed by atoms with E-state index in [1.165, 1.54) is 5.56 Å². The summed E-state index contributed by atoms with van der Waals surface area (Å²) in [6.45, 7) is 5.35. The van der Waals surface area contributed by atoms with Crippen LogP contribution in [0, 0.1) is 6.92 Å². The van der Waals surface area contributed by atoms with E-state index in [9.17, 15) is 5.11 Å². The molecule has 1 saturated heterocycles. The number of aliphatic hydroxyl groups is 1. The van der Waals surface area contributed by atoms with Crippen LogP contribution in [0.1, 0.15) is 18.9 Å². The van der Waals surface area contributed by atoms with E-state index in [-0.39, 0.29) is 12.1 Å². The summed E-state index contributed by atoms with van der Waals surface area (Å²) >= 11 is 0. The molecule has 0 bridgehead atoms. The van der Waals surface area contributed by atoms with Gasteiger partial charge in [-0.1, -0.05) is 17.7 Å². The van der Waals surface area contributed by atoms with Gasteiger partial charge in [0.25, 0.3) is 0 Å². The Labute approximate surface area is 103 Å². The minimum Gasteiger partial charge on any atom is -0.394 e. The van der Waals surface area contributed by atoms with Gasteiger partial charge >= 0.3 is 0 Å². The number of aryl methyl sites for hydroxylation is 1. The Morgan fingerprint density at radius 2 is 2.06 bits per heavy atom. The molecule has 94 valence electrons. The van der Waals surface area contributed by atoms with E-state index < -0.39 is 0 Å².